The van der Waals surface area contributed by atoms with Crippen molar-refractivity contribution in [3.05, 3.63) is 42.7 Å². The molecule has 0 bridgehead atoms. The molecule has 2 aliphatic rings. The fraction of sp³-hybridized carbons (Fsp3) is 0.500. The van der Waals surface area contributed by atoms with Crippen LogP contribution in [0.25, 0.3) is 0 Å². The van der Waals surface area contributed by atoms with Gasteiger partial charge in [0.2, 0.25) is 15.9 Å². The quantitative estimate of drug-likeness (QED) is 0.770. The first-order valence-electron chi connectivity index (χ1n) is 8.57. The molecule has 136 valence electrons. The third kappa shape index (κ3) is 3.22. The molecule has 3 rings (SSSR count). The molecule has 0 N–H and O–H groups in total. The number of halogens is 1. The maximum absolute atomic E-state index is 14.0. The summed E-state index contributed by atoms with van der Waals surface area (Å²) in [5.41, 5.74) is -0.514. The van der Waals surface area contributed by atoms with Gasteiger partial charge in [0.25, 0.3) is 0 Å². The summed E-state index contributed by atoms with van der Waals surface area (Å²) in [4.78, 5) is 13.9. The molecule has 25 heavy (non-hydrogen) atoms. The van der Waals surface area contributed by atoms with Gasteiger partial charge < -0.3 is 4.90 Å². The van der Waals surface area contributed by atoms with E-state index in [4.69, 9.17) is 0 Å². The molecule has 2 saturated heterocycles. The minimum Gasteiger partial charge on any atom is -0.332 e. The maximum Gasteiger partial charge on any atom is 0.246 e. The number of sulfonamides is 1. The highest BCUT2D eigenvalue weighted by atomic mass is 32.2. The number of benzene rings is 1. The van der Waals surface area contributed by atoms with Gasteiger partial charge in [0.1, 0.15) is 10.7 Å². The number of nitrogens with zero attached hydrogens (tertiary/aromatic N) is 2. The molecule has 1 spiro atoms. The maximum atomic E-state index is 14.0. The van der Waals surface area contributed by atoms with Crippen LogP contribution in [-0.4, -0.2) is 48.7 Å². The van der Waals surface area contributed by atoms with Gasteiger partial charge in [-0.25, -0.2) is 12.8 Å². The van der Waals surface area contributed by atoms with Crippen molar-refractivity contribution in [2.45, 2.75) is 42.5 Å². The number of likely N-dealkylation sites (tertiary alicyclic amines) is 1. The zero-order chi connectivity index (χ0) is 18.1. The van der Waals surface area contributed by atoms with Crippen molar-refractivity contribution < 1.29 is 17.6 Å². The molecule has 0 radical (unpaired) electrons. The SMILES string of the molecule is C=CCN1C(=O)CCCC12CCCN(S(=O)(=O)c1ccccc1F)C2. The zero-order valence-electron chi connectivity index (χ0n) is 14.2. The minimum atomic E-state index is -3.93. The van der Waals surface area contributed by atoms with Crippen LogP contribution in [0.5, 0.6) is 0 Å². The third-order valence-electron chi connectivity index (χ3n) is 5.19. The molecule has 7 heteroatoms. The molecule has 0 aliphatic carbocycles. The molecule has 5 nitrogen and oxygen atoms in total. The molecular weight excluding hydrogens is 343 g/mol. The molecular formula is C18H23FN2O3S. The summed E-state index contributed by atoms with van der Waals surface area (Å²) in [5.74, 6) is -0.707. The van der Waals surface area contributed by atoms with Crippen LogP contribution in [0.1, 0.15) is 32.1 Å². The lowest BCUT2D eigenvalue weighted by Crippen LogP contribution is -2.63. The molecule has 2 fully saturated rings. The second-order valence-corrected chi connectivity index (χ2v) is 8.65. The van der Waals surface area contributed by atoms with Crippen LogP contribution >= 0.6 is 0 Å². The predicted octanol–water partition coefficient (Wildman–Crippen LogP) is 2.55. The first kappa shape index (κ1) is 18.1. The van der Waals surface area contributed by atoms with Gasteiger partial charge in [0.15, 0.2) is 0 Å². The van der Waals surface area contributed by atoms with Crippen LogP contribution in [-0.2, 0) is 14.8 Å². The van der Waals surface area contributed by atoms with Crippen LogP contribution < -0.4 is 0 Å². The molecule has 0 saturated carbocycles. The molecule has 2 heterocycles. The van der Waals surface area contributed by atoms with Gasteiger partial charge in [-0.15, -0.1) is 6.58 Å². The molecule has 1 atom stereocenters. The first-order chi connectivity index (χ1) is 11.9. The first-order valence-corrected chi connectivity index (χ1v) is 10.0. The van der Waals surface area contributed by atoms with Crippen molar-refractivity contribution in [1.29, 1.82) is 0 Å². The van der Waals surface area contributed by atoms with Crippen LogP contribution in [0.15, 0.2) is 41.8 Å². The minimum absolute atomic E-state index is 0.0382. The van der Waals surface area contributed by atoms with Gasteiger partial charge in [-0.1, -0.05) is 18.2 Å². The van der Waals surface area contributed by atoms with Gasteiger partial charge in [-0.3, -0.25) is 4.79 Å². The van der Waals surface area contributed by atoms with Crippen LogP contribution in [0.2, 0.25) is 0 Å². The van der Waals surface area contributed by atoms with E-state index in [1.807, 2.05) is 0 Å². The average Bonchev–Trinajstić information content (AvgIpc) is 2.59. The molecule has 0 aromatic heterocycles. The third-order valence-corrected chi connectivity index (χ3v) is 7.07. The van der Waals surface area contributed by atoms with E-state index >= 15 is 0 Å². The summed E-state index contributed by atoms with van der Waals surface area (Å²) >= 11 is 0. The van der Waals surface area contributed by atoms with E-state index in [0.717, 1.165) is 25.3 Å². The smallest absolute Gasteiger partial charge is 0.246 e. The highest BCUT2D eigenvalue weighted by Gasteiger charge is 2.47. The lowest BCUT2D eigenvalue weighted by atomic mass is 9.80. The van der Waals surface area contributed by atoms with E-state index in [9.17, 15) is 17.6 Å². The Labute approximate surface area is 148 Å². The molecule has 1 unspecified atom stereocenters. The highest BCUT2D eigenvalue weighted by Crippen LogP contribution is 2.38. The van der Waals surface area contributed by atoms with Crippen molar-refractivity contribution in [3.63, 3.8) is 0 Å². The van der Waals surface area contributed by atoms with E-state index in [-0.39, 0.29) is 17.3 Å². The fourth-order valence-electron chi connectivity index (χ4n) is 4.02. The van der Waals surface area contributed by atoms with Crippen molar-refractivity contribution in [2.75, 3.05) is 19.6 Å². The van der Waals surface area contributed by atoms with E-state index < -0.39 is 21.4 Å². The summed E-state index contributed by atoms with van der Waals surface area (Å²) < 4.78 is 41.3. The number of rotatable bonds is 4. The Morgan fingerprint density at radius 3 is 2.68 bits per heavy atom. The van der Waals surface area contributed by atoms with E-state index in [2.05, 4.69) is 6.58 Å². The largest absolute Gasteiger partial charge is 0.332 e. The highest BCUT2D eigenvalue weighted by molar-refractivity contribution is 7.89. The van der Waals surface area contributed by atoms with Gasteiger partial charge in [-0.2, -0.15) is 4.31 Å². The Morgan fingerprint density at radius 1 is 1.24 bits per heavy atom. The Hall–Kier alpha value is -1.73. The average molecular weight is 366 g/mol. The topological polar surface area (TPSA) is 57.7 Å². The zero-order valence-corrected chi connectivity index (χ0v) is 15.0. The molecule has 1 aromatic carbocycles. The van der Waals surface area contributed by atoms with Crippen molar-refractivity contribution in [1.82, 2.24) is 9.21 Å². The number of carbonyl (C=O) groups excluding carboxylic acids is 1. The predicted molar refractivity (Wildman–Crippen MR) is 92.9 cm³/mol. The summed E-state index contributed by atoms with van der Waals surface area (Å²) in [5, 5.41) is 0. The number of amides is 1. The van der Waals surface area contributed by atoms with Crippen molar-refractivity contribution in [3.8, 4) is 0 Å². The Morgan fingerprint density at radius 2 is 1.96 bits per heavy atom. The van der Waals surface area contributed by atoms with Crippen molar-refractivity contribution >= 4 is 15.9 Å². The van der Waals surface area contributed by atoms with Crippen molar-refractivity contribution in [2.24, 2.45) is 0 Å². The normalized spacial score (nSPS) is 25.3. The summed E-state index contributed by atoms with van der Waals surface area (Å²) in [6, 6.07) is 5.43. The lowest BCUT2D eigenvalue weighted by molar-refractivity contribution is -0.143. The Bertz CT molecular complexity index is 776. The van der Waals surface area contributed by atoms with Crippen LogP contribution in [0.3, 0.4) is 0 Å². The standard InChI is InChI=1S/C18H23FN2O3S/c1-2-12-21-17(22)9-5-10-18(21)11-6-13-20(14-18)25(23,24)16-8-4-3-7-15(16)19/h2-4,7-8H,1,5-6,9-14H2. The van der Waals surface area contributed by atoms with E-state index in [1.54, 1.807) is 11.0 Å². The summed E-state index contributed by atoms with van der Waals surface area (Å²) in [6.45, 7) is 4.68. The number of piperidine rings is 2. The summed E-state index contributed by atoms with van der Waals surface area (Å²) in [6.07, 6.45) is 5.07. The van der Waals surface area contributed by atoms with Gasteiger partial charge in [0.05, 0.1) is 5.54 Å². The molecule has 1 amide bonds. The van der Waals surface area contributed by atoms with Gasteiger partial charge >= 0.3 is 0 Å². The van der Waals surface area contributed by atoms with E-state index in [1.165, 1.54) is 22.5 Å². The van der Waals surface area contributed by atoms with Gasteiger partial charge in [0, 0.05) is 26.1 Å². The number of hydrogen-bond acceptors (Lipinski definition) is 3. The van der Waals surface area contributed by atoms with Crippen LogP contribution in [0.4, 0.5) is 4.39 Å². The molecule has 2 aliphatic heterocycles. The monoisotopic (exact) mass is 366 g/mol. The fourth-order valence-corrected chi connectivity index (χ4v) is 5.64. The van der Waals surface area contributed by atoms with Gasteiger partial charge in [-0.05, 0) is 37.8 Å². The number of hydrogen-bond donors (Lipinski definition) is 0. The second-order valence-electron chi connectivity index (χ2n) is 6.74. The Kier molecular flexibility index (Phi) is 4.97. The van der Waals surface area contributed by atoms with Crippen LogP contribution in [0, 0.1) is 5.82 Å². The second kappa shape index (κ2) is 6.88. The summed E-state index contributed by atoms with van der Waals surface area (Å²) in [7, 11) is -3.93. The van der Waals surface area contributed by atoms with E-state index in [0.29, 0.717) is 25.9 Å². The number of carbonyl (C=O) groups is 1. The Balaban J connectivity index is 1.94. The molecule has 1 aromatic rings. The lowest BCUT2D eigenvalue weighted by Gasteiger charge is -2.51.